The van der Waals surface area contributed by atoms with Gasteiger partial charge >= 0.3 is 5.51 Å². The van der Waals surface area contributed by atoms with Gasteiger partial charge in [0.25, 0.3) is 0 Å². The standard InChI is InChI=1S/C23H20F3N5O5S2/c24-23(25,26)37(32)20-6-1-17(2-7-20)3-10-22-29-18(16-36-22)15-35-19-4-8-21(9-5-19)38(33,34)28-12-14-31-13-11-27-30-31/h1-11,13,16,28H,12,14-15H2. The Morgan fingerprint density at radius 3 is 2.50 bits per heavy atom. The lowest BCUT2D eigenvalue weighted by molar-refractivity contribution is -0.0435. The summed E-state index contributed by atoms with van der Waals surface area (Å²) in [5.41, 5.74) is -3.79. The highest BCUT2D eigenvalue weighted by Gasteiger charge is 2.45. The highest BCUT2D eigenvalue weighted by molar-refractivity contribution is 7.92. The lowest BCUT2D eigenvalue weighted by Gasteiger charge is -2.11. The molecule has 0 fully saturated rings. The number of nitrogens with zero attached hydrogens (tertiary/aromatic N) is 4. The Labute approximate surface area is 218 Å². The maximum atomic E-state index is 12.5. The molecule has 0 saturated carbocycles. The van der Waals surface area contributed by atoms with Crippen LogP contribution in [0.2, 0.25) is 0 Å². The fraction of sp³-hybridized carbons (Fsp3) is 0.174. The van der Waals surface area contributed by atoms with Gasteiger partial charge in [0.15, 0.2) is 4.90 Å². The van der Waals surface area contributed by atoms with Crippen molar-refractivity contribution >= 4 is 33.4 Å². The van der Waals surface area contributed by atoms with E-state index in [0.29, 0.717) is 23.6 Å². The number of hydrogen-bond donors (Lipinski definition) is 1. The molecule has 0 radical (unpaired) electrons. The molecule has 2 aromatic heterocycles. The van der Waals surface area contributed by atoms with Crippen LogP contribution >= 0.6 is 0 Å². The Morgan fingerprint density at radius 1 is 1.11 bits per heavy atom. The summed E-state index contributed by atoms with van der Waals surface area (Å²) >= 11 is -3.08. The maximum Gasteiger partial charge on any atom is 0.578 e. The summed E-state index contributed by atoms with van der Waals surface area (Å²) < 4.78 is 88.8. The number of aromatic nitrogens is 4. The zero-order valence-corrected chi connectivity index (χ0v) is 21.0. The Balaban J connectivity index is 1.27. The molecule has 1 atom stereocenters. The van der Waals surface area contributed by atoms with E-state index in [1.807, 2.05) is 0 Å². The van der Waals surface area contributed by atoms with Gasteiger partial charge in [-0.2, -0.15) is 0 Å². The van der Waals surface area contributed by atoms with Gasteiger partial charge in [-0.1, -0.05) is 5.21 Å². The summed E-state index contributed by atoms with van der Waals surface area (Å²) in [6, 6.07) is 11.0. The van der Waals surface area contributed by atoms with Gasteiger partial charge in [0.2, 0.25) is 15.9 Å². The van der Waals surface area contributed by atoms with E-state index >= 15 is 0 Å². The zero-order valence-electron chi connectivity index (χ0n) is 19.4. The SMILES string of the molecule is O=S(=O)(NCCn1ccnn1)c1ccc(OCc2coc(C=Cc3ccc([S+]([O-])C(F)(F)F)cc3)n2)cc1. The van der Waals surface area contributed by atoms with Crippen molar-refractivity contribution in [1.29, 1.82) is 0 Å². The van der Waals surface area contributed by atoms with Crippen LogP contribution in [-0.2, 0) is 34.4 Å². The van der Waals surface area contributed by atoms with Gasteiger partial charge in [-0.25, -0.2) is 18.1 Å². The van der Waals surface area contributed by atoms with Crippen LogP contribution < -0.4 is 9.46 Å². The number of hydrogen-bond acceptors (Lipinski definition) is 8. The minimum absolute atomic E-state index is 0.0531. The van der Waals surface area contributed by atoms with Crippen molar-refractivity contribution in [3.8, 4) is 5.75 Å². The van der Waals surface area contributed by atoms with E-state index in [1.165, 1.54) is 59.6 Å². The van der Waals surface area contributed by atoms with Gasteiger partial charge in [0, 0.05) is 18.8 Å². The second-order valence-electron chi connectivity index (χ2n) is 7.62. The molecule has 0 aliphatic rings. The average Bonchev–Trinajstić information content (AvgIpc) is 3.58. The predicted octanol–water partition coefficient (Wildman–Crippen LogP) is 3.62. The van der Waals surface area contributed by atoms with E-state index in [9.17, 15) is 26.1 Å². The van der Waals surface area contributed by atoms with E-state index in [1.54, 1.807) is 12.3 Å². The molecule has 4 aromatic rings. The summed E-state index contributed by atoms with van der Waals surface area (Å²) in [5, 5.41) is 7.42. The number of oxazole rings is 1. The van der Waals surface area contributed by atoms with Crippen molar-refractivity contribution in [3.05, 3.63) is 84.3 Å². The molecule has 38 heavy (non-hydrogen) atoms. The summed E-state index contributed by atoms with van der Waals surface area (Å²) in [6.07, 6.45) is 7.61. The van der Waals surface area contributed by atoms with Crippen LogP contribution in [-0.4, -0.2) is 45.0 Å². The molecule has 10 nitrogen and oxygen atoms in total. The van der Waals surface area contributed by atoms with Crippen LogP contribution in [0, 0.1) is 0 Å². The smallest absolute Gasteiger partial charge is 0.578 e. The largest absolute Gasteiger partial charge is 0.604 e. The third-order valence-electron chi connectivity index (χ3n) is 4.92. The third-order valence-corrected chi connectivity index (χ3v) is 7.52. The van der Waals surface area contributed by atoms with Crippen molar-refractivity contribution in [2.45, 2.75) is 28.5 Å². The van der Waals surface area contributed by atoms with Crippen LogP contribution in [0.1, 0.15) is 17.1 Å². The molecule has 0 bridgehead atoms. The maximum absolute atomic E-state index is 12.5. The van der Waals surface area contributed by atoms with Gasteiger partial charge in [0.05, 0.1) is 28.8 Å². The number of benzene rings is 2. The summed E-state index contributed by atoms with van der Waals surface area (Å²) in [5.74, 6) is 0.660. The van der Waals surface area contributed by atoms with Crippen LogP contribution in [0.15, 0.2) is 81.4 Å². The minimum atomic E-state index is -4.82. The van der Waals surface area contributed by atoms with Crippen molar-refractivity contribution in [3.63, 3.8) is 0 Å². The first kappa shape index (κ1) is 27.4. The number of sulfonamides is 1. The topological polar surface area (TPSA) is 135 Å². The van der Waals surface area contributed by atoms with Gasteiger partial charge in [0.1, 0.15) is 24.3 Å². The highest BCUT2D eigenvalue weighted by Crippen LogP contribution is 2.30. The molecule has 0 amide bonds. The molecule has 1 N–H and O–H groups in total. The third kappa shape index (κ3) is 7.44. The quantitative estimate of drug-likeness (QED) is 0.272. The average molecular weight is 568 g/mol. The number of rotatable bonds is 11. The van der Waals surface area contributed by atoms with Gasteiger partial charge in [-0.3, -0.25) is 4.68 Å². The molecule has 0 saturated heterocycles. The first-order valence-electron chi connectivity index (χ1n) is 10.9. The minimum Gasteiger partial charge on any atom is -0.604 e. The van der Waals surface area contributed by atoms with Crippen molar-refractivity contribution in [1.82, 2.24) is 24.7 Å². The Hall–Kier alpha value is -3.66. The second-order valence-corrected chi connectivity index (χ2v) is 10.9. The van der Waals surface area contributed by atoms with Crippen molar-refractivity contribution in [2.24, 2.45) is 0 Å². The molecular weight excluding hydrogens is 547 g/mol. The van der Waals surface area contributed by atoms with Crippen LogP contribution in [0.4, 0.5) is 13.2 Å². The molecule has 0 aliphatic heterocycles. The second kappa shape index (κ2) is 11.8. The van der Waals surface area contributed by atoms with E-state index in [-0.39, 0.29) is 28.8 Å². The first-order chi connectivity index (χ1) is 18.1. The monoisotopic (exact) mass is 567 g/mol. The molecule has 0 aliphatic carbocycles. The summed E-state index contributed by atoms with van der Waals surface area (Å²) in [6.45, 7) is 0.542. The number of ether oxygens (including phenoxy) is 1. The van der Waals surface area contributed by atoms with Gasteiger partial charge in [-0.15, -0.1) is 18.3 Å². The molecule has 2 heterocycles. The van der Waals surface area contributed by atoms with Crippen molar-refractivity contribution < 1.29 is 35.3 Å². The Bertz CT molecular complexity index is 1460. The molecule has 0 spiro atoms. The first-order valence-corrected chi connectivity index (χ1v) is 13.5. The summed E-state index contributed by atoms with van der Waals surface area (Å²) in [7, 11) is -3.70. The Morgan fingerprint density at radius 2 is 1.84 bits per heavy atom. The van der Waals surface area contributed by atoms with Crippen molar-refractivity contribution in [2.75, 3.05) is 6.54 Å². The lowest BCUT2D eigenvalue weighted by atomic mass is 10.2. The lowest BCUT2D eigenvalue weighted by Crippen LogP contribution is -2.27. The highest BCUT2D eigenvalue weighted by atomic mass is 32.2. The van der Waals surface area contributed by atoms with E-state index in [2.05, 4.69) is 20.0 Å². The van der Waals surface area contributed by atoms with Crippen LogP contribution in [0.25, 0.3) is 12.2 Å². The molecule has 15 heteroatoms. The Kier molecular flexibility index (Phi) is 8.51. The van der Waals surface area contributed by atoms with E-state index < -0.39 is 26.7 Å². The molecule has 1 unspecified atom stereocenters. The van der Waals surface area contributed by atoms with Crippen LogP contribution in [0.5, 0.6) is 5.75 Å². The molecule has 2 aromatic carbocycles. The van der Waals surface area contributed by atoms with Gasteiger partial charge in [-0.05, 0) is 60.2 Å². The van der Waals surface area contributed by atoms with E-state index in [0.717, 1.165) is 12.1 Å². The number of halogens is 3. The normalized spacial score (nSPS) is 13.2. The fourth-order valence-electron chi connectivity index (χ4n) is 3.07. The predicted molar refractivity (Wildman–Crippen MR) is 130 cm³/mol. The molecular formula is C23H20F3N5O5S2. The van der Waals surface area contributed by atoms with Gasteiger partial charge < -0.3 is 13.7 Å². The van der Waals surface area contributed by atoms with Crippen LogP contribution in [0.3, 0.4) is 0 Å². The number of alkyl halides is 3. The molecule has 200 valence electrons. The fourth-order valence-corrected chi connectivity index (χ4v) is 4.74. The molecule has 4 rings (SSSR count). The zero-order chi connectivity index (χ0) is 27.2. The summed E-state index contributed by atoms with van der Waals surface area (Å²) in [4.78, 5) is 3.98. The number of nitrogens with one attached hydrogen (secondary N) is 1. The van der Waals surface area contributed by atoms with E-state index in [4.69, 9.17) is 9.15 Å².